The highest BCUT2D eigenvalue weighted by atomic mass is 16.5. The fourth-order valence-electron chi connectivity index (χ4n) is 2.06. The molecule has 20 heavy (non-hydrogen) atoms. The van der Waals surface area contributed by atoms with E-state index in [0.717, 1.165) is 30.8 Å². The molecule has 0 heterocycles. The van der Waals surface area contributed by atoms with Crippen molar-refractivity contribution >= 4 is 0 Å². The molecular formula is C17H22N2O. The maximum Gasteiger partial charge on any atom is 0.127 e. The summed E-state index contributed by atoms with van der Waals surface area (Å²) in [5, 5.41) is 3.26. The molecule has 3 N–H and O–H groups in total. The number of nitrogens with two attached hydrogens (primary N) is 1. The molecule has 0 fully saturated rings. The van der Waals surface area contributed by atoms with Crippen molar-refractivity contribution in [3.63, 3.8) is 0 Å². The summed E-state index contributed by atoms with van der Waals surface area (Å²) >= 11 is 0. The minimum absolute atomic E-state index is 0.678. The van der Waals surface area contributed by atoms with Crippen molar-refractivity contribution in [1.29, 1.82) is 0 Å². The van der Waals surface area contributed by atoms with Gasteiger partial charge < -0.3 is 15.8 Å². The van der Waals surface area contributed by atoms with E-state index in [0.29, 0.717) is 13.2 Å². The highest BCUT2D eigenvalue weighted by molar-refractivity contribution is 5.70. The Hall–Kier alpha value is -1.84. The molecule has 0 saturated carbocycles. The molecule has 106 valence electrons. The molecule has 0 aliphatic carbocycles. The molecule has 3 heteroatoms. The monoisotopic (exact) mass is 270 g/mol. The lowest BCUT2D eigenvalue weighted by Crippen LogP contribution is -2.24. The summed E-state index contributed by atoms with van der Waals surface area (Å²) in [6.45, 7) is 3.18. The predicted octanol–water partition coefficient (Wildman–Crippen LogP) is 2.67. The molecule has 2 aromatic rings. The standard InChI is InChI=1S/C17H22N2O/c18-11-13-19-12-6-14-20-17-10-5-4-9-16(17)15-7-2-1-3-8-15/h1-5,7-10,19H,6,11-14,18H2. The molecule has 0 radical (unpaired) electrons. The number of ether oxygens (including phenoxy) is 1. The van der Waals surface area contributed by atoms with E-state index in [-0.39, 0.29) is 0 Å². The van der Waals surface area contributed by atoms with Crippen molar-refractivity contribution < 1.29 is 4.74 Å². The van der Waals surface area contributed by atoms with Gasteiger partial charge in [0.25, 0.3) is 0 Å². The van der Waals surface area contributed by atoms with E-state index >= 15 is 0 Å². The second kappa shape index (κ2) is 8.35. The van der Waals surface area contributed by atoms with Gasteiger partial charge in [0.2, 0.25) is 0 Å². The average molecular weight is 270 g/mol. The number of hydrogen-bond donors (Lipinski definition) is 2. The Morgan fingerprint density at radius 2 is 1.65 bits per heavy atom. The van der Waals surface area contributed by atoms with Gasteiger partial charge in [-0.05, 0) is 24.6 Å². The normalized spacial score (nSPS) is 10.4. The van der Waals surface area contributed by atoms with Gasteiger partial charge in [0.15, 0.2) is 0 Å². The van der Waals surface area contributed by atoms with Crippen LogP contribution in [0.25, 0.3) is 11.1 Å². The molecule has 0 aromatic heterocycles. The minimum atomic E-state index is 0.678. The molecule has 2 aromatic carbocycles. The van der Waals surface area contributed by atoms with E-state index in [1.165, 1.54) is 5.56 Å². The first-order valence-electron chi connectivity index (χ1n) is 7.10. The van der Waals surface area contributed by atoms with Crippen molar-refractivity contribution in [1.82, 2.24) is 5.32 Å². The summed E-state index contributed by atoms with van der Waals surface area (Å²) in [6.07, 6.45) is 0.975. The van der Waals surface area contributed by atoms with Gasteiger partial charge in [0.05, 0.1) is 6.61 Å². The molecule has 0 bridgehead atoms. The topological polar surface area (TPSA) is 47.3 Å². The van der Waals surface area contributed by atoms with Gasteiger partial charge in [-0.25, -0.2) is 0 Å². The van der Waals surface area contributed by atoms with Crippen molar-refractivity contribution in [3.05, 3.63) is 54.6 Å². The summed E-state index contributed by atoms with van der Waals surface area (Å²) in [5.41, 5.74) is 7.75. The van der Waals surface area contributed by atoms with Gasteiger partial charge in [-0.3, -0.25) is 0 Å². The second-order valence-corrected chi connectivity index (χ2v) is 4.60. The Balaban J connectivity index is 1.92. The van der Waals surface area contributed by atoms with Crippen molar-refractivity contribution in [3.8, 4) is 16.9 Å². The lowest BCUT2D eigenvalue weighted by Gasteiger charge is -2.11. The highest BCUT2D eigenvalue weighted by Gasteiger charge is 2.04. The number of benzene rings is 2. The van der Waals surface area contributed by atoms with Gasteiger partial charge in [-0.15, -0.1) is 0 Å². The minimum Gasteiger partial charge on any atom is -0.493 e. The summed E-state index contributed by atoms with van der Waals surface area (Å²) in [6, 6.07) is 18.5. The van der Waals surface area contributed by atoms with Crippen LogP contribution in [0.4, 0.5) is 0 Å². The maximum absolute atomic E-state index is 5.90. The van der Waals surface area contributed by atoms with E-state index in [1.807, 2.05) is 36.4 Å². The number of nitrogens with one attached hydrogen (secondary N) is 1. The van der Waals surface area contributed by atoms with Crippen LogP contribution in [0.2, 0.25) is 0 Å². The zero-order valence-corrected chi connectivity index (χ0v) is 11.7. The van der Waals surface area contributed by atoms with Gasteiger partial charge >= 0.3 is 0 Å². The van der Waals surface area contributed by atoms with Crippen molar-refractivity contribution in [2.75, 3.05) is 26.2 Å². The Morgan fingerprint density at radius 3 is 2.45 bits per heavy atom. The molecule has 0 saturated heterocycles. The average Bonchev–Trinajstić information content (AvgIpc) is 2.52. The third kappa shape index (κ3) is 4.37. The summed E-state index contributed by atoms with van der Waals surface area (Å²) in [5.74, 6) is 0.942. The molecule has 0 aliphatic heterocycles. The molecular weight excluding hydrogens is 248 g/mol. The van der Waals surface area contributed by atoms with E-state index < -0.39 is 0 Å². The van der Waals surface area contributed by atoms with Crippen LogP contribution >= 0.6 is 0 Å². The number of rotatable bonds is 8. The smallest absolute Gasteiger partial charge is 0.127 e. The Morgan fingerprint density at radius 1 is 0.900 bits per heavy atom. The predicted molar refractivity (Wildman–Crippen MR) is 83.9 cm³/mol. The summed E-state index contributed by atoms with van der Waals surface area (Å²) in [4.78, 5) is 0. The fourth-order valence-corrected chi connectivity index (χ4v) is 2.06. The van der Waals surface area contributed by atoms with Crippen LogP contribution in [0.1, 0.15) is 6.42 Å². The van der Waals surface area contributed by atoms with Crippen LogP contribution in [0.5, 0.6) is 5.75 Å². The molecule has 0 unspecified atom stereocenters. The highest BCUT2D eigenvalue weighted by Crippen LogP contribution is 2.29. The van der Waals surface area contributed by atoms with Gasteiger partial charge in [0, 0.05) is 18.7 Å². The van der Waals surface area contributed by atoms with Gasteiger partial charge in [0.1, 0.15) is 5.75 Å². The van der Waals surface area contributed by atoms with Gasteiger partial charge in [-0.1, -0.05) is 48.5 Å². The first kappa shape index (κ1) is 14.6. The Labute approximate surface area is 120 Å². The number of hydrogen-bond acceptors (Lipinski definition) is 3. The van der Waals surface area contributed by atoms with Crippen LogP contribution in [0.15, 0.2) is 54.6 Å². The van der Waals surface area contributed by atoms with E-state index in [2.05, 4.69) is 23.5 Å². The largest absolute Gasteiger partial charge is 0.493 e. The first-order valence-corrected chi connectivity index (χ1v) is 7.10. The lowest BCUT2D eigenvalue weighted by atomic mass is 10.1. The lowest BCUT2D eigenvalue weighted by molar-refractivity contribution is 0.309. The van der Waals surface area contributed by atoms with Crippen LogP contribution in [-0.2, 0) is 0 Å². The van der Waals surface area contributed by atoms with E-state index in [1.54, 1.807) is 0 Å². The third-order valence-corrected chi connectivity index (χ3v) is 3.05. The molecule has 0 spiro atoms. The molecule has 2 rings (SSSR count). The van der Waals surface area contributed by atoms with Crippen LogP contribution in [0, 0.1) is 0 Å². The summed E-state index contributed by atoms with van der Waals surface area (Å²) in [7, 11) is 0. The van der Waals surface area contributed by atoms with E-state index in [4.69, 9.17) is 10.5 Å². The van der Waals surface area contributed by atoms with Crippen LogP contribution in [0.3, 0.4) is 0 Å². The SMILES string of the molecule is NCCNCCCOc1ccccc1-c1ccccc1. The van der Waals surface area contributed by atoms with Crippen molar-refractivity contribution in [2.45, 2.75) is 6.42 Å². The molecule has 0 aliphatic rings. The number of para-hydroxylation sites is 1. The van der Waals surface area contributed by atoms with Gasteiger partial charge in [-0.2, -0.15) is 0 Å². The second-order valence-electron chi connectivity index (χ2n) is 4.60. The maximum atomic E-state index is 5.90. The third-order valence-electron chi connectivity index (χ3n) is 3.05. The Kier molecular flexibility index (Phi) is 6.08. The first-order chi connectivity index (χ1) is 9.92. The molecule has 0 atom stereocenters. The Bertz CT molecular complexity index is 499. The van der Waals surface area contributed by atoms with Crippen LogP contribution in [-0.4, -0.2) is 26.2 Å². The zero-order valence-electron chi connectivity index (χ0n) is 11.7. The van der Waals surface area contributed by atoms with Crippen molar-refractivity contribution in [2.24, 2.45) is 5.73 Å². The zero-order chi connectivity index (χ0) is 14.0. The quantitative estimate of drug-likeness (QED) is 0.725. The molecule has 0 amide bonds. The summed E-state index contributed by atoms with van der Waals surface area (Å²) < 4.78 is 5.90. The van der Waals surface area contributed by atoms with Crippen LogP contribution < -0.4 is 15.8 Å². The molecule has 3 nitrogen and oxygen atoms in total. The fraction of sp³-hybridized carbons (Fsp3) is 0.294. The van der Waals surface area contributed by atoms with E-state index in [9.17, 15) is 0 Å².